The lowest BCUT2D eigenvalue weighted by atomic mass is 10.0. The predicted molar refractivity (Wildman–Crippen MR) is 78.1 cm³/mol. The molecule has 0 N–H and O–H groups in total. The molecule has 6 heteroatoms. The van der Waals surface area contributed by atoms with Crippen molar-refractivity contribution in [2.45, 2.75) is 6.92 Å². The van der Waals surface area contributed by atoms with E-state index in [-0.39, 0.29) is 0 Å². The van der Waals surface area contributed by atoms with Crippen LogP contribution in [0.2, 0.25) is 0 Å². The van der Waals surface area contributed by atoms with Gasteiger partial charge in [-0.1, -0.05) is 12.1 Å². The molecule has 3 heterocycles. The lowest BCUT2D eigenvalue weighted by Crippen LogP contribution is -1.99. The van der Waals surface area contributed by atoms with Crippen molar-refractivity contribution in [2.24, 2.45) is 0 Å². The van der Waals surface area contributed by atoms with Gasteiger partial charge in [-0.15, -0.1) is 10.2 Å². The van der Waals surface area contributed by atoms with E-state index in [0.29, 0.717) is 5.78 Å². The molecule has 102 valence electrons. The highest BCUT2D eigenvalue weighted by Gasteiger charge is 2.09. The Morgan fingerprint density at radius 3 is 3.00 bits per heavy atom. The van der Waals surface area contributed by atoms with Crippen LogP contribution in [-0.2, 0) is 0 Å². The van der Waals surface area contributed by atoms with Crippen LogP contribution < -0.4 is 0 Å². The number of fused-ring (bicyclic) bond motifs is 1. The first kappa shape index (κ1) is 11.8. The maximum atomic E-state index is 4.33. The van der Waals surface area contributed by atoms with Crippen LogP contribution in [0.1, 0.15) is 5.56 Å². The zero-order chi connectivity index (χ0) is 14.2. The van der Waals surface area contributed by atoms with Crippen molar-refractivity contribution in [1.29, 1.82) is 0 Å². The molecule has 0 bridgehead atoms. The number of hydrogen-bond donors (Lipinski definition) is 0. The molecule has 0 radical (unpaired) electrons. The van der Waals surface area contributed by atoms with Crippen LogP contribution in [0.15, 0.2) is 55.4 Å². The molecule has 4 aromatic rings. The molecule has 0 unspecified atom stereocenters. The molecule has 1 aromatic carbocycles. The van der Waals surface area contributed by atoms with Crippen molar-refractivity contribution in [1.82, 2.24) is 29.4 Å². The van der Waals surface area contributed by atoms with Gasteiger partial charge in [-0.25, -0.2) is 9.67 Å². The van der Waals surface area contributed by atoms with E-state index >= 15 is 0 Å². The van der Waals surface area contributed by atoms with Crippen LogP contribution in [0.4, 0.5) is 0 Å². The molecule has 0 saturated carbocycles. The minimum absolute atomic E-state index is 0.589. The number of benzene rings is 1. The summed E-state index contributed by atoms with van der Waals surface area (Å²) in [4.78, 5) is 4.32. The molecule has 0 aliphatic rings. The third-order valence-electron chi connectivity index (χ3n) is 3.37. The molecule has 0 amide bonds. The minimum atomic E-state index is 0.589. The lowest BCUT2D eigenvalue weighted by Gasteiger charge is -2.11. The Labute approximate surface area is 120 Å². The number of aromatic nitrogens is 6. The summed E-state index contributed by atoms with van der Waals surface area (Å²) in [6.45, 7) is 2.07. The van der Waals surface area contributed by atoms with Gasteiger partial charge in [-0.2, -0.15) is 5.10 Å². The van der Waals surface area contributed by atoms with Crippen LogP contribution in [0.3, 0.4) is 0 Å². The molecule has 6 nitrogen and oxygen atoms in total. The van der Waals surface area contributed by atoms with Crippen molar-refractivity contribution < 1.29 is 0 Å². The molecular formula is C15H12N6. The third-order valence-corrected chi connectivity index (χ3v) is 3.37. The van der Waals surface area contributed by atoms with E-state index in [0.717, 1.165) is 16.8 Å². The van der Waals surface area contributed by atoms with Crippen LogP contribution in [0, 0.1) is 6.92 Å². The summed E-state index contributed by atoms with van der Waals surface area (Å²) < 4.78 is 3.67. The maximum Gasteiger partial charge on any atom is 0.254 e. The average molecular weight is 276 g/mol. The fourth-order valence-corrected chi connectivity index (χ4v) is 2.36. The van der Waals surface area contributed by atoms with Crippen molar-refractivity contribution >= 4 is 5.78 Å². The van der Waals surface area contributed by atoms with Gasteiger partial charge in [0.25, 0.3) is 5.78 Å². The summed E-state index contributed by atoms with van der Waals surface area (Å²) in [6, 6.07) is 8.18. The summed E-state index contributed by atoms with van der Waals surface area (Å²) in [5, 5.41) is 12.1. The summed E-state index contributed by atoms with van der Waals surface area (Å²) in [6.07, 6.45) is 9.13. The standard InChI is InChI=1S/C15H12N6/c1-11-3-4-13(14(7-11)21-6-2-5-18-21)12-8-16-15-19-17-10-20(15)9-12/h2-10H,1H3. The molecule has 3 aromatic heterocycles. The third kappa shape index (κ3) is 1.97. The van der Waals surface area contributed by atoms with Gasteiger partial charge in [-0.05, 0) is 24.6 Å². The largest absolute Gasteiger partial charge is 0.272 e. The molecular weight excluding hydrogens is 264 g/mol. The van der Waals surface area contributed by atoms with Crippen molar-refractivity contribution in [3.8, 4) is 16.8 Å². The summed E-state index contributed by atoms with van der Waals surface area (Å²) in [5.74, 6) is 0.589. The van der Waals surface area contributed by atoms with Crippen molar-refractivity contribution in [2.75, 3.05) is 0 Å². The van der Waals surface area contributed by atoms with Crippen LogP contribution in [-0.4, -0.2) is 29.4 Å². The molecule has 0 spiro atoms. The molecule has 21 heavy (non-hydrogen) atoms. The Morgan fingerprint density at radius 1 is 1.19 bits per heavy atom. The molecule has 0 aliphatic carbocycles. The Hall–Kier alpha value is -3.02. The smallest absolute Gasteiger partial charge is 0.254 e. The normalized spacial score (nSPS) is 11.1. The van der Waals surface area contributed by atoms with Crippen molar-refractivity contribution in [3.05, 3.63) is 60.9 Å². The van der Waals surface area contributed by atoms with E-state index in [9.17, 15) is 0 Å². The Balaban J connectivity index is 1.95. The molecule has 0 atom stereocenters. The highest BCUT2D eigenvalue weighted by Crippen LogP contribution is 2.26. The van der Waals surface area contributed by atoms with Gasteiger partial charge in [0, 0.05) is 35.9 Å². The maximum absolute atomic E-state index is 4.33. The van der Waals surface area contributed by atoms with E-state index in [1.165, 1.54) is 5.56 Å². The number of nitrogens with zero attached hydrogens (tertiary/aromatic N) is 6. The lowest BCUT2D eigenvalue weighted by molar-refractivity contribution is 0.880. The molecule has 4 rings (SSSR count). The Kier molecular flexibility index (Phi) is 2.53. The van der Waals surface area contributed by atoms with Crippen LogP contribution in [0.25, 0.3) is 22.6 Å². The second-order valence-electron chi connectivity index (χ2n) is 4.85. The Bertz CT molecular complexity index is 907. The molecule has 0 saturated heterocycles. The predicted octanol–water partition coefficient (Wildman–Crippen LogP) is 2.29. The Morgan fingerprint density at radius 2 is 2.14 bits per heavy atom. The van der Waals surface area contributed by atoms with Gasteiger partial charge in [0.15, 0.2) is 0 Å². The topological polar surface area (TPSA) is 60.9 Å². The highest BCUT2D eigenvalue weighted by molar-refractivity contribution is 5.72. The van der Waals surface area contributed by atoms with E-state index in [4.69, 9.17) is 0 Å². The highest BCUT2D eigenvalue weighted by atomic mass is 15.3. The fraction of sp³-hybridized carbons (Fsp3) is 0.0667. The second-order valence-corrected chi connectivity index (χ2v) is 4.85. The monoisotopic (exact) mass is 276 g/mol. The van der Waals surface area contributed by atoms with Gasteiger partial charge >= 0.3 is 0 Å². The summed E-state index contributed by atoms with van der Waals surface area (Å²) in [5.41, 5.74) is 4.26. The quantitative estimate of drug-likeness (QED) is 0.563. The van der Waals surface area contributed by atoms with Gasteiger partial charge in [0.2, 0.25) is 0 Å². The number of hydrogen-bond acceptors (Lipinski definition) is 4. The second kappa shape index (κ2) is 4.52. The van der Waals surface area contributed by atoms with Gasteiger partial charge in [0.05, 0.1) is 5.69 Å². The van der Waals surface area contributed by atoms with E-state index in [1.54, 1.807) is 12.5 Å². The summed E-state index contributed by atoms with van der Waals surface area (Å²) >= 11 is 0. The van der Waals surface area contributed by atoms with Crippen molar-refractivity contribution in [3.63, 3.8) is 0 Å². The zero-order valence-corrected chi connectivity index (χ0v) is 11.4. The van der Waals surface area contributed by atoms with Gasteiger partial charge < -0.3 is 0 Å². The average Bonchev–Trinajstić information content (AvgIpc) is 3.18. The van der Waals surface area contributed by atoms with Crippen LogP contribution >= 0.6 is 0 Å². The van der Waals surface area contributed by atoms with E-state index in [1.807, 2.05) is 33.7 Å². The first-order valence-corrected chi connectivity index (χ1v) is 6.58. The zero-order valence-electron chi connectivity index (χ0n) is 11.4. The number of rotatable bonds is 2. The van der Waals surface area contributed by atoms with E-state index in [2.05, 4.69) is 45.4 Å². The first-order chi connectivity index (χ1) is 10.3. The van der Waals surface area contributed by atoms with Gasteiger partial charge in [-0.3, -0.25) is 4.40 Å². The van der Waals surface area contributed by atoms with Crippen LogP contribution in [0.5, 0.6) is 0 Å². The SMILES string of the molecule is Cc1ccc(-c2cnc3nncn3c2)c(-n2cccn2)c1. The first-order valence-electron chi connectivity index (χ1n) is 6.58. The summed E-state index contributed by atoms with van der Waals surface area (Å²) in [7, 11) is 0. The van der Waals surface area contributed by atoms with E-state index < -0.39 is 0 Å². The molecule has 0 fully saturated rings. The number of aryl methyl sites for hydroxylation is 1. The fourth-order valence-electron chi connectivity index (χ4n) is 2.36. The van der Waals surface area contributed by atoms with Gasteiger partial charge in [0.1, 0.15) is 6.33 Å². The molecule has 0 aliphatic heterocycles. The minimum Gasteiger partial charge on any atom is -0.272 e.